The van der Waals surface area contributed by atoms with Gasteiger partial charge in [0.1, 0.15) is 17.9 Å². The van der Waals surface area contributed by atoms with Crippen molar-refractivity contribution in [2.75, 3.05) is 18.0 Å². The number of fused-ring (bicyclic) bond motifs is 2. The fraction of sp³-hybridized carbons (Fsp3) is 0.611. The van der Waals surface area contributed by atoms with Crippen LogP contribution in [0.4, 0.5) is 5.82 Å². The predicted molar refractivity (Wildman–Crippen MR) is 89.9 cm³/mol. The van der Waals surface area contributed by atoms with Crippen molar-refractivity contribution in [3.8, 4) is 0 Å². The molecule has 4 aliphatic rings. The van der Waals surface area contributed by atoms with E-state index in [4.69, 9.17) is 4.52 Å². The van der Waals surface area contributed by atoms with Crippen LogP contribution in [-0.2, 0) is 6.54 Å². The number of aryl methyl sites for hydroxylation is 1. The lowest BCUT2D eigenvalue weighted by atomic mass is 9.87. The van der Waals surface area contributed by atoms with E-state index in [1.165, 1.54) is 24.8 Å². The summed E-state index contributed by atoms with van der Waals surface area (Å²) in [4.78, 5) is 13.8. The Labute approximate surface area is 141 Å². The predicted octanol–water partition coefficient (Wildman–Crippen LogP) is 2.42. The molecule has 1 saturated carbocycles. The van der Waals surface area contributed by atoms with Crippen LogP contribution in [0.2, 0.25) is 0 Å². The first kappa shape index (κ1) is 14.4. The fourth-order valence-electron chi connectivity index (χ4n) is 4.11. The van der Waals surface area contributed by atoms with E-state index in [0.29, 0.717) is 18.0 Å². The van der Waals surface area contributed by atoms with Gasteiger partial charge in [-0.2, -0.15) is 0 Å². The van der Waals surface area contributed by atoms with Crippen molar-refractivity contribution in [3.63, 3.8) is 0 Å². The van der Waals surface area contributed by atoms with E-state index < -0.39 is 0 Å². The first-order valence-electron chi connectivity index (χ1n) is 8.93. The molecule has 2 atom stereocenters. The molecule has 0 N–H and O–H groups in total. The number of anilines is 1. The Morgan fingerprint density at radius 3 is 2.71 bits per heavy atom. The summed E-state index contributed by atoms with van der Waals surface area (Å²) in [5.41, 5.74) is 3.37. The maximum Gasteiger partial charge on any atom is 0.140 e. The van der Waals surface area contributed by atoms with E-state index in [-0.39, 0.29) is 0 Å². The molecule has 2 aromatic heterocycles. The molecule has 2 bridgehead atoms. The van der Waals surface area contributed by atoms with Crippen molar-refractivity contribution in [2.45, 2.75) is 57.7 Å². The molecule has 3 aliphatic heterocycles. The standard InChI is InChI=1S/C18H23N5O/c1-11-12(2)19-10-20-18(11)22-8-15-6-16(9-22)23(15)7-14-5-17(24-21-14)13-3-4-13/h5,10,13,15-16H,3-4,6-9H2,1-2H3. The van der Waals surface area contributed by atoms with Crippen molar-refractivity contribution >= 4 is 5.82 Å². The summed E-state index contributed by atoms with van der Waals surface area (Å²) in [5, 5.41) is 4.28. The van der Waals surface area contributed by atoms with Gasteiger partial charge in [-0.25, -0.2) is 9.97 Å². The summed E-state index contributed by atoms with van der Waals surface area (Å²) in [7, 11) is 0. The molecule has 4 fully saturated rings. The van der Waals surface area contributed by atoms with Gasteiger partial charge >= 0.3 is 0 Å². The van der Waals surface area contributed by atoms with Gasteiger partial charge in [-0.3, -0.25) is 4.90 Å². The molecule has 0 radical (unpaired) electrons. The van der Waals surface area contributed by atoms with Crippen LogP contribution in [0.3, 0.4) is 0 Å². The molecule has 2 unspecified atom stereocenters. The quantitative estimate of drug-likeness (QED) is 0.860. The highest BCUT2D eigenvalue weighted by atomic mass is 16.5. The molecule has 0 amide bonds. The molecule has 5 heterocycles. The second-order valence-electron chi connectivity index (χ2n) is 7.52. The van der Waals surface area contributed by atoms with Crippen LogP contribution in [0.1, 0.15) is 47.9 Å². The van der Waals surface area contributed by atoms with Gasteiger partial charge in [-0.15, -0.1) is 0 Å². The average Bonchev–Trinajstić information content (AvgIpc) is 3.34. The molecule has 0 spiro atoms. The zero-order valence-electron chi connectivity index (χ0n) is 14.3. The largest absolute Gasteiger partial charge is 0.361 e. The lowest BCUT2D eigenvalue weighted by molar-refractivity contribution is -0.0104. The number of piperidine rings is 1. The maximum atomic E-state index is 5.50. The van der Waals surface area contributed by atoms with E-state index in [1.54, 1.807) is 6.33 Å². The molecule has 1 aliphatic carbocycles. The molecular formula is C18H23N5O. The lowest BCUT2D eigenvalue weighted by Gasteiger charge is -2.56. The van der Waals surface area contributed by atoms with Crippen LogP contribution in [0.15, 0.2) is 16.9 Å². The van der Waals surface area contributed by atoms with Crippen molar-refractivity contribution in [1.82, 2.24) is 20.0 Å². The summed E-state index contributed by atoms with van der Waals surface area (Å²) in [6, 6.07) is 3.36. The van der Waals surface area contributed by atoms with E-state index >= 15 is 0 Å². The zero-order chi connectivity index (χ0) is 16.3. The Balaban J connectivity index is 1.27. The summed E-state index contributed by atoms with van der Waals surface area (Å²) in [6.07, 6.45) is 5.49. The summed E-state index contributed by atoms with van der Waals surface area (Å²) in [5.74, 6) is 2.83. The number of hydrogen-bond donors (Lipinski definition) is 0. The third kappa shape index (κ3) is 2.32. The van der Waals surface area contributed by atoms with Gasteiger partial charge in [0.25, 0.3) is 0 Å². The Hall–Kier alpha value is -1.95. The summed E-state index contributed by atoms with van der Waals surface area (Å²) >= 11 is 0. The van der Waals surface area contributed by atoms with Gasteiger partial charge in [0.15, 0.2) is 0 Å². The number of piperazine rings is 1. The molecule has 126 valence electrons. The van der Waals surface area contributed by atoms with Gasteiger partial charge in [-0.1, -0.05) is 5.16 Å². The van der Waals surface area contributed by atoms with Crippen LogP contribution in [0.5, 0.6) is 0 Å². The van der Waals surface area contributed by atoms with E-state index in [9.17, 15) is 0 Å². The highest BCUT2D eigenvalue weighted by Gasteiger charge is 2.45. The highest BCUT2D eigenvalue weighted by molar-refractivity contribution is 5.49. The van der Waals surface area contributed by atoms with Gasteiger partial charge < -0.3 is 9.42 Å². The normalized spacial score (nSPS) is 26.5. The minimum atomic E-state index is 0.597. The Bertz CT molecular complexity index is 757. The maximum absolute atomic E-state index is 5.50. The molecular weight excluding hydrogens is 302 g/mol. The summed E-state index contributed by atoms with van der Waals surface area (Å²) < 4.78 is 5.50. The minimum absolute atomic E-state index is 0.597. The van der Waals surface area contributed by atoms with Crippen molar-refractivity contribution in [1.29, 1.82) is 0 Å². The number of aromatic nitrogens is 3. The molecule has 24 heavy (non-hydrogen) atoms. The third-order valence-electron chi connectivity index (χ3n) is 5.85. The fourth-order valence-corrected chi connectivity index (χ4v) is 4.11. The Morgan fingerprint density at radius 2 is 1.96 bits per heavy atom. The summed E-state index contributed by atoms with van der Waals surface area (Å²) in [6.45, 7) is 7.18. The SMILES string of the molecule is Cc1ncnc(N2CC3CC(C2)N3Cc2cc(C3CC3)on2)c1C. The smallest absolute Gasteiger partial charge is 0.140 e. The van der Waals surface area contributed by atoms with E-state index in [1.807, 2.05) is 0 Å². The number of hydrogen-bond acceptors (Lipinski definition) is 6. The van der Waals surface area contributed by atoms with Crippen molar-refractivity contribution in [2.24, 2.45) is 0 Å². The van der Waals surface area contributed by atoms with Gasteiger partial charge in [0.2, 0.25) is 0 Å². The van der Waals surface area contributed by atoms with Crippen molar-refractivity contribution < 1.29 is 4.52 Å². The first-order chi connectivity index (χ1) is 11.7. The molecule has 6 nitrogen and oxygen atoms in total. The minimum Gasteiger partial charge on any atom is -0.361 e. The van der Waals surface area contributed by atoms with Crippen LogP contribution < -0.4 is 4.90 Å². The highest BCUT2D eigenvalue weighted by Crippen LogP contribution is 2.41. The number of rotatable bonds is 4. The van der Waals surface area contributed by atoms with Crippen LogP contribution in [0.25, 0.3) is 0 Å². The number of nitrogens with zero attached hydrogens (tertiary/aromatic N) is 5. The van der Waals surface area contributed by atoms with Gasteiger partial charge in [-0.05, 0) is 33.1 Å². The zero-order valence-corrected chi connectivity index (χ0v) is 14.3. The molecule has 3 saturated heterocycles. The molecule has 6 heteroatoms. The van der Waals surface area contributed by atoms with Crippen molar-refractivity contribution in [3.05, 3.63) is 35.1 Å². The first-order valence-corrected chi connectivity index (χ1v) is 8.93. The van der Waals surface area contributed by atoms with Crippen LogP contribution in [0, 0.1) is 13.8 Å². The van der Waals surface area contributed by atoms with Crippen LogP contribution in [-0.4, -0.2) is 45.2 Å². The Morgan fingerprint density at radius 1 is 1.17 bits per heavy atom. The second-order valence-corrected chi connectivity index (χ2v) is 7.52. The third-order valence-corrected chi connectivity index (χ3v) is 5.85. The van der Waals surface area contributed by atoms with Gasteiger partial charge in [0.05, 0.1) is 5.69 Å². The molecule has 0 aromatic carbocycles. The average molecular weight is 325 g/mol. The lowest BCUT2D eigenvalue weighted by Crippen LogP contribution is -2.68. The van der Waals surface area contributed by atoms with E-state index in [0.717, 1.165) is 42.6 Å². The second kappa shape index (κ2) is 5.28. The monoisotopic (exact) mass is 325 g/mol. The van der Waals surface area contributed by atoms with E-state index in [2.05, 4.69) is 44.8 Å². The topological polar surface area (TPSA) is 58.3 Å². The van der Waals surface area contributed by atoms with Crippen LogP contribution >= 0.6 is 0 Å². The molecule has 2 aromatic rings. The molecule has 6 rings (SSSR count). The Kier molecular flexibility index (Phi) is 3.16. The van der Waals surface area contributed by atoms with Gasteiger partial charge in [0, 0.05) is 55.0 Å².